The molecule has 0 saturated heterocycles. The molecule has 3 aliphatic heterocycles. The van der Waals surface area contributed by atoms with E-state index in [1.54, 1.807) is 71.0 Å². The number of methoxy groups -OCH3 is 1. The lowest BCUT2D eigenvalue weighted by molar-refractivity contribution is -0.160. The molecule has 15 nitrogen and oxygen atoms in total. The predicted octanol–water partition coefficient (Wildman–Crippen LogP) is 7.85. The summed E-state index contributed by atoms with van der Waals surface area (Å²) in [6.45, 7) is 15.9. The van der Waals surface area contributed by atoms with Crippen LogP contribution in [-0.4, -0.2) is 82.7 Å². The van der Waals surface area contributed by atoms with Gasteiger partial charge in [-0.3, -0.25) is 24.0 Å². The van der Waals surface area contributed by atoms with E-state index in [1.165, 1.54) is 65.2 Å². The molecule has 68 heavy (non-hydrogen) atoms. The summed E-state index contributed by atoms with van der Waals surface area (Å²) in [6.07, 6.45) is 3.15. The van der Waals surface area contributed by atoms with Gasteiger partial charge in [-0.2, -0.15) is 0 Å². The summed E-state index contributed by atoms with van der Waals surface area (Å²) in [5.41, 5.74) is -0.208. The van der Waals surface area contributed by atoms with Crippen LogP contribution in [0.2, 0.25) is 5.02 Å². The smallest absolute Gasteiger partial charge is 0.343 e. The first kappa shape index (κ1) is 51.0. The molecule has 3 aromatic carbocycles. The highest BCUT2D eigenvalue weighted by Gasteiger charge is 2.53. The van der Waals surface area contributed by atoms with E-state index in [0.717, 1.165) is 11.8 Å². The van der Waals surface area contributed by atoms with Crippen molar-refractivity contribution in [2.75, 3.05) is 12.4 Å². The Kier molecular flexibility index (Phi) is 15.3. The molecular weight excluding hydrogens is 896 g/mol. The molecule has 1 amide bonds. The lowest BCUT2D eigenvalue weighted by Gasteiger charge is -2.38. The van der Waals surface area contributed by atoms with Crippen LogP contribution in [0.5, 0.6) is 11.5 Å². The maximum atomic E-state index is 15.2. The number of aliphatic hydroxyl groups excluding tert-OH is 2. The van der Waals surface area contributed by atoms with Crippen molar-refractivity contribution in [3.05, 3.63) is 134 Å². The number of ketones is 3. The SMILES string of the molecule is CO[C@H]1/C=C\O[C@@]2(C)Oc3c(C)c(OC(=O)c4ccc(C)c(Cl)c4)c4c(c3C2=O)C(=O)C(Nc2ccc(C)cc2)=C(NC(=O)/C(C)=C\C=C/[C@H](C)[C@H](O)[C@@H](C)[C@H](O)[C@H](C)[C@H](OC(C)=O)[C@@H]1C)C4=O. The van der Waals surface area contributed by atoms with Crippen LogP contribution in [0.15, 0.2) is 90.0 Å². The molecule has 0 saturated carbocycles. The zero-order valence-corrected chi connectivity index (χ0v) is 40.6. The van der Waals surface area contributed by atoms with Gasteiger partial charge in [0.1, 0.15) is 29.0 Å². The Morgan fingerprint density at radius 3 is 2.16 bits per heavy atom. The number of hydrogen-bond donors (Lipinski definition) is 4. The molecule has 7 rings (SSSR count). The van der Waals surface area contributed by atoms with Gasteiger partial charge in [0.05, 0.1) is 46.8 Å². The molecule has 9 atom stereocenters. The maximum absolute atomic E-state index is 15.2. The number of nitrogens with one attached hydrogen (secondary N) is 2. The number of carbonyl (C=O) groups is 6. The van der Waals surface area contributed by atoms with Crippen LogP contribution in [0, 0.1) is 44.4 Å². The van der Waals surface area contributed by atoms with E-state index in [-0.39, 0.29) is 33.0 Å². The number of hydrogen-bond acceptors (Lipinski definition) is 14. The molecule has 5 bridgehead atoms. The van der Waals surface area contributed by atoms with Crippen molar-refractivity contribution in [1.29, 1.82) is 0 Å². The summed E-state index contributed by atoms with van der Waals surface area (Å²) < 4.78 is 29.9. The van der Waals surface area contributed by atoms with Gasteiger partial charge in [0.15, 0.2) is 0 Å². The first-order chi connectivity index (χ1) is 32.0. The minimum Gasteiger partial charge on any atom is -0.462 e. The average Bonchev–Trinajstić information content (AvgIpc) is 3.56. The fourth-order valence-electron chi connectivity index (χ4n) is 8.58. The van der Waals surface area contributed by atoms with E-state index in [9.17, 15) is 29.4 Å². The Morgan fingerprint density at radius 2 is 1.53 bits per heavy atom. The quantitative estimate of drug-likeness (QED) is 0.137. The van der Waals surface area contributed by atoms with Crippen molar-refractivity contribution in [1.82, 2.24) is 5.32 Å². The lowest BCUT2D eigenvalue weighted by Crippen LogP contribution is -2.46. The van der Waals surface area contributed by atoms with Crippen molar-refractivity contribution >= 4 is 52.5 Å². The number of rotatable bonds is 6. The number of aryl methyl sites for hydroxylation is 2. The molecule has 3 heterocycles. The summed E-state index contributed by atoms with van der Waals surface area (Å²) in [4.78, 5) is 85.7. The molecule has 0 fully saturated rings. The van der Waals surface area contributed by atoms with Gasteiger partial charge in [0, 0.05) is 66.5 Å². The minimum atomic E-state index is -2.19. The van der Waals surface area contributed by atoms with Crippen molar-refractivity contribution in [3.63, 3.8) is 0 Å². The van der Waals surface area contributed by atoms with Crippen molar-refractivity contribution < 1.29 is 62.7 Å². The van der Waals surface area contributed by atoms with Crippen LogP contribution >= 0.6 is 11.6 Å². The Balaban J connectivity index is 1.57. The molecule has 0 aromatic heterocycles. The van der Waals surface area contributed by atoms with Gasteiger partial charge in [-0.15, -0.1) is 0 Å². The van der Waals surface area contributed by atoms with E-state index < -0.39 is 117 Å². The third-order valence-corrected chi connectivity index (χ3v) is 13.3. The highest BCUT2D eigenvalue weighted by atomic mass is 35.5. The van der Waals surface area contributed by atoms with E-state index in [2.05, 4.69) is 10.6 Å². The second-order valence-electron chi connectivity index (χ2n) is 17.9. The number of anilines is 1. The molecule has 16 heteroatoms. The molecular formula is C52H57ClN2O13. The second-order valence-corrected chi connectivity index (χ2v) is 18.3. The first-order valence-corrected chi connectivity index (χ1v) is 22.6. The van der Waals surface area contributed by atoms with Crippen LogP contribution in [0.4, 0.5) is 5.69 Å². The van der Waals surface area contributed by atoms with E-state index >= 15 is 9.59 Å². The Morgan fingerprint density at radius 1 is 0.853 bits per heavy atom. The van der Waals surface area contributed by atoms with Crippen molar-refractivity contribution in [2.45, 2.75) is 99.4 Å². The van der Waals surface area contributed by atoms with Crippen molar-refractivity contribution in [2.24, 2.45) is 23.7 Å². The minimum absolute atomic E-state index is 0.00665. The largest absolute Gasteiger partial charge is 0.462 e. The first-order valence-electron chi connectivity index (χ1n) is 22.2. The van der Waals surface area contributed by atoms with E-state index in [4.69, 9.17) is 35.3 Å². The standard InChI is InChI=1S/C52H57ClN2O13/c1-24-15-19-34(20-16-24)54-40-41-45(60)38-37(44(40)59)39-48(31(8)47(38)67-51(63)33-18-17-25(2)35(53)23-33)68-52(10,49(39)61)65-22-21-36(64-11)28(5)46(66-32(9)56)30(7)43(58)29(6)42(57)26(3)13-12-14-27(4)50(62)55-41/h12-23,26,28-30,36,42-43,46,54,57-58H,1-11H3,(H,55,62)/b13-12-,22-21-,27-14-/t26-,28+,29+,30-,36-,42-,43-,46+,52-/m0/s1. The number of halogens is 1. The number of amides is 1. The number of ether oxygens (including phenoxy) is 5. The summed E-state index contributed by atoms with van der Waals surface area (Å²) in [7, 11) is 1.41. The summed E-state index contributed by atoms with van der Waals surface area (Å²) in [6, 6.07) is 11.3. The van der Waals surface area contributed by atoms with Crippen LogP contribution in [-0.2, 0) is 23.8 Å². The Hall–Kier alpha value is -6.39. The Bertz CT molecular complexity index is 2680. The summed E-state index contributed by atoms with van der Waals surface area (Å²) >= 11 is 6.38. The van der Waals surface area contributed by atoms with E-state index in [1.807, 2.05) is 6.92 Å². The lowest BCUT2D eigenvalue weighted by atomic mass is 9.78. The normalized spacial score (nSPS) is 28.4. The molecule has 0 spiro atoms. The molecule has 1 aliphatic carbocycles. The van der Waals surface area contributed by atoms with Crippen LogP contribution in [0.3, 0.4) is 0 Å². The fraction of sp³-hybridized carbons (Fsp3) is 0.385. The number of benzene rings is 3. The zero-order chi connectivity index (χ0) is 50.1. The van der Waals surface area contributed by atoms with Crippen LogP contribution in [0.1, 0.15) is 107 Å². The van der Waals surface area contributed by atoms with Gasteiger partial charge in [-0.1, -0.05) is 81.3 Å². The van der Waals surface area contributed by atoms with Gasteiger partial charge in [0.25, 0.3) is 11.7 Å². The number of Topliss-reactive ketones (excluding diaryl/α,β-unsaturated/α-hetero) is 3. The highest BCUT2D eigenvalue weighted by molar-refractivity contribution is 6.34. The second kappa shape index (κ2) is 20.5. The van der Waals surface area contributed by atoms with Crippen LogP contribution < -0.4 is 20.1 Å². The Labute approximate surface area is 400 Å². The number of esters is 2. The number of fused-ring (bicyclic) bond motifs is 14. The van der Waals surface area contributed by atoms with Gasteiger partial charge >= 0.3 is 17.7 Å². The van der Waals surface area contributed by atoms with Gasteiger partial charge in [-0.05, 0) is 63.6 Å². The number of aliphatic hydroxyl groups is 2. The number of carbonyl (C=O) groups excluding carboxylic acids is 6. The summed E-state index contributed by atoms with van der Waals surface area (Å²) in [5.74, 6) is -10.7. The molecule has 3 aromatic rings. The molecule has 360 valence electrons. The fourth-order valence-corrected chi connectivity index (χ4v) is 8.76. The zero-order valence-electron chi connectivity index (χ0n) is 39.8. The third-order valence-electron chi connectivity index (χ3n) is 12.9. The molecule has 0 unspecified atom stereocenters. The predicted molar refractivity (Wildman–Crippen MR) is 252 cm³/mol. The molecule has 0 radical (unpaired) electrons. The average molecular weight is 953 g/mol. The topological polar surface area (TPSA) is 213 Å². The van der Waals surface area contributed by atoms with Gasteiger partial charge in [0.2, 0.25) is 11.6 Å². The molecule has 4 aliphatic rings. The van der Waals surface area contributed by atoms with Crippen molar-refractivity contribution in [3.8, 4) is 11.5 Å². The highest BCUT2D eigenvalue weighted by Crippen LogP contribution is 2.49. The number of allylic oxidation sites excluding steroid dienone is 4. The third kappa shape index (κ3) is 10.1. The monoisotopic (exact) mass is 952 g/mol. The molecule has 4 N–H and O–H groups in total. The van der Waals surface area contributed by atoms with Crippen LogP contribution in [0.25, 0.3) is 0 Å². The van der Waals surface area contributed by atoms with Gasteiger partial charge in [-0.25, -0.2) is 4.79 Å². The van der Waals surface area contributed by atoms with Gasteiger partial charge < -0.3 is 44.5 Å². The maximum Gasteiger partial charge on any atom is 0.343 e. The van der Waals surface area contributed by atoms with E-state index in [0.29, 0.717) is 11.3 Å². The summed E-state index contributed by atoms with van der Waals surface area (Å²) in [5, 5.41) is 28.9.